The van der Waals surface area contributed by atoms with E-state index in [4.69, 9.17) is 9.15 Å². The second kappa shape index (κ2) is 9.30. The first kappa shape index (κ1) is 21.0. The predicted octanol–water partition coefficient (Wildman–Crippen LogP) is 4.70. The number of hydrogen-bond acceptors (Lipinski definition) is 7. The van der Waals surface area contributed by atoms with Crippen molar-refractivity contribution in [3.05, 3.63) is 59.7 Å². The first-order valence-electron chi connectivity index (χ1n) is 10.3. The number of furan rings is 1. The summed E-state index contributed by atoms with van der Waals surface area (Å²) >= 11 is 1.58. The van der Waals surface area contributed by atoms with Crippen LogP contribution in [0.25, 0.3) is 0 Å². The molecule has 1 unspecified atom stereocenters. The molecule has 0 saturated carbocycles. The standard InChI is InChI=1S/C22H25N5O3S/c1-4-13-31-22-25-21-23-14(3)18(19(27(21)26-22)17-11-8-12-30-17)20(28)24-15-9-6-7-10-16(15)29-5-2/h6-12,19H,4-5,13H2,1-3H3,(H,24,28)(H,23,25,26). The van der Waals surface area contributed by atoms with Crippen LogP contribution in [0.4, 0.5) is 11.6 Å². The summed E-state index contributed by atoms with van der Waals surface area (Å²) in [6.07, 6.45) is 2.61. The zero-order chi connectivity index (χ0) is 21.8. The highest BCUT2D eigenvalue weighted by atomic mass is 32.2. The van der Waals surface area contributed by atoms with Crippen molar-refractivity contribution < 1.29 is 13.9 Å². The normalized spacial score (nSPS) is 15.4. The minimum Gasteiger partial charge on any atom is -0.492 e. The average molecular weight is 440 g/mol. The molecule has 1 amide bonds. The fraction of sp³-hybridized carbons (Fsp3) is 0.318. The smallest absolute Gasteiger partial charge is 0.256 e. The summed E-state index contributed by atoms with van der Waals surface area (Å²) in [6, 6.07) is 10.5. The molecule has 8 nitrogen and oxygen atoms in total. The molecule has 2 N–H and O–H groups in total. The Morgan fingerprint density at radius 3 is 2.87 bits per heavy atom. The van der Waals surface area contributed by atoms with Gasteiger partial charge in [-0.15, -0.1) is 5.10 Å². The van der Waals surface area contributed by atoms with Crippen molar-refractivity contribution in [1.29, 1.82) is 0 Å². The van der Waals surface area contributed by atoms with Crippen LogP contribution in [0.5, 0.6) is 5.75 Å². The number of thioether (sulfide) groups is 1. The molecule has 0 aliphatic carbocycles. The molecule has 1 aliphatic rings. The Labute approximate surface area is 185 Å². The molecule has 1 aliphatic heterocycles. The Morgan fingerprint density at radius 1 is 1.29 bits per heavy atom. The van der Waals surface area contributed by atoms with Gasteiger partial charge >= 0.3 is 0 Å². The van der Waals surface area contributed by atoms with Crippen molar-refractivity contribution in [2.45, 2.75) is 38.4 Å². The van der Waals surface area contributed by atoms with Crippen LogP contribution in [0.15, 0.2) is 63.5 Å². The van der Waals surface area contributed by atoms with Crippen molar-refractivity contribution >= 4 is 29.3 Å². The molecule has 2 aromatic heterocycles. The Balaban J connectivity index is 1.70. The number of allylic oxidation sites excluding steroid dienone is 1. The summed E-state index contributed by atoms with van der Waals surface area (Å²) in [5.41, 5.74) is 1.81. The lowest BCUT2D eigenvalue weighted by Gasteiger charge is -2.27. The molecule has 0 spiro atoms. The van der Waals surface area contributed by atoms with E-state index in [1.807, 2.05) is 44.2 Å². The number of fused-ring (bicyclic) bond motifs is 1. The van der Waals surface area contributed by atoms with Gasteiger partial charge in [0.25, 0.3) is 5.91 Å². The number of anilines is 2. The first-order valence-corrected chi connectivity index (χ1v) is 11.2. The number of carbonyl (C=O) groups is 1. The van der Waals surface area contributed by atoms with Gasteiger partial charge in [-0.2, -0.15) is 4.98 Å². The molecule has 0 fully saturated rings. The molecule has 0 bridgehead atoms. The SMILES string of the molecule is CCCSc1nc2n(n1)C(c1ccco1)C(C(=O)Nc1ccccc1OCC)=C(C)N2. The van der Waals surface area contributed by atoms with Crippen molar-refractivity contribution in [2.75, 3.05) is 23.0 Å². The van der Waals surface area contributed by atoms with E-state index in [2.05, 4.69) is 27.6 Å². The molecule has 1 aromatic carbocycles. The molecule has 4 rings (SSSR count). The van der Waals surface area contributed by atoms with Gasteiger partial charge < -0.3 is 19.8 Å². The summed E-state index contributed by atoms with van der Waals surface area (Å²) in [5.74, 6) is 2.48. The molecule has 162 valence electrons. The van der Waals surface area contributed by atoms with Gasteiger partial charge in [-0.05, 0) is 44.5 Å². The second-order valence-electron chi connectivity index (χ2n) is 6.98. The molecule has 9 heteroatoms. The van der Waals surface area contributed by atoms with Gasteiger partial charge in [-0.3, -0.25) is 4.79 Å². The van der Waals surface area contributed by atoms with E-state index in [0.717, 1.165) is 12.2 Å². The van der Waals surface area contributed by atoms with Gasteiger partial charge in [0.1, 0.15) is 17.6 Å². The third-order valence-corrected chi connectivity index (χ3v) is 5.80. The number of hydrogen-bond donors (Lipinski definition) is 2. The molecule has 0 radical (unpaired) electrons. The van der Waals surface area contributed by atoms with Crippen LogP contribution in [0.3, 0.4) is 0 Å². The van der Waals surface area contributed by atoms with E-state index in [0.29, 0.717) is 46.2 Å². The van der Waals surface area contributed by atoms with E-state index in [9.17, 15) is 4.79 Å². The number of carbonyl (C=O) groups excluding carboxylic acids is 1. The maximum absolute atomic E-state index is 13.5. The van der Waals surface area contributed by atoms with E-state index in [1.54, 1.807) is 28.8 Å². The number of rotatable bonds is 8. The predicted molar refractivity (Wildman–Crippen MR) is 120 cm³/mol. The molecule has 3 heterocycles. The third kappa shape index (κ3) is 4.32. The Bertz CT molecular complexity index is 1090. The number of benzene rings is 1. The van der Waals surface area contributed by atoms with Crippen LogP contribution in [-0.2, 0) is 4.79 Å². The van der Waals surface area contributed by atoms with Crippen LogP contribution >= 0.6 is 11.8 Å². The summed E-state index contributed by atoms with van der Waals surface area (Å²) in [5, 5.41) is 11.5. The maximum Gasteiger partial charge on any atom is 0.256 e. The van der Waals surface area contributed by atoms with Crippen LogP contribution < -0.4 is 15.4 Å². The number of amides is 1. The fourth-order valence-corrected chi connectivity index (χ4v) is 4.11. The lowest BCUT2D eigenvalue weighted by Crippen LogP contribution is -2.31. The number of aromatic nitrogens is 3. The van der Waals surface area contributed by atoms with Crippen molar-refractivity contribution in [2.24, 2.45) is 0 Å². The number of nitrogens with one attached hydrogen (secondary N) is 2. The average Bonchev–Trinajstić information content (AvgIpc) is 3.42. The van der Waals surface area contributed by atoms with Gasteiger partial charge in [0.05, 0.1) is 24.1 Å². The van der Waals surface area contributed by atoms with E-state index < -0.39 is 6.04 Å². The zero-order valence-corrected chi connectivity index (χ0v) is 18.5. The molecule has 3 aromatic rings. The fourth-order valence-electron chi connectivity index (χ4n) is 3.43. The van der Waals surface area contributed by atoms with E-state index >= 15 is 0 Å². The van der Waals surface area contributed by atoms with Crippen LogP contribution in [-0.4, -0.2) is 33.0 Å². The quantitative estimate of drug-likeness (QED) is 0.491. The molecular formula is C22H25N5O3S. The lowest BCUT2D eigenvalue weighted by molar-refractivity contribution is -0.113. The van der Waals surface area contributed by atoms with Gasteiger partial charge in [-0.25, -0.2) is 4.68 Å². The summed E-state index contributed by atoms with van der Waals surface area (Å²) in [6.45, 7) is 6.38. The monoisotopic (exact) mass is 439 g/mol. The van der Waals surface area contributed by atoms with E-state index in [1.165, 1.54) is 0 Å². The summed E-state index contributed by atoms with van der Waals surface area (Å²) in [4.78, 5) is 18.0. The highest BCUT2D eigenvalue weighted by molar-refractivity contribution is 7.99. The van der Waals surface area contributed by atoms with E-state index in [-0.39, 0.29) is 5.91 Å². The topological polar surface area (TPSA) is 94.2 Å². The maximum atomic E-state index is 13.5. The Kier molecular flexibility index (Phi) is 6.31. The van der Waals surface area contributed by atoms with Gasteiger partial charge in [0.2, 0.25) is 11.1 Å². The van der Waals surface area contributed by atoms with Crippen molar-refractivity contribution in [3.63, 3.8) is 0 Å². The first-order chi connectivity index (χ1) is 15.1. The summed E-state index contributed by atoms with van der Waals surface area (Å²) < 4.78 is 13.1. The molecule has 31 heavy (non-hydrogen) atoms. The minimum absolute atomic E-state index is 0.262. The highest BCUT2D eigenvalue weighted by Crippen LogP contribution is 2.37. The van der Waals surface area contributed by atoms with Crippen LogP contribution in [0.2, 0.25) is 0 Å². The van der Waals surface area contributed by atoms with Crippen LogP contribution in [0, 0.1) is 0 Å². The Hall–Kier alpha value is -3.20. The molecule has 0 saturated heterocycles. The number of para-hydroxylation sites is 2. The molecular weight excluding hydrogens is 414 g/mol. The lowest BCUT2D eigenvalue weighted by atomic mass is 10.00. The minimum atomic E-state index is -0.533. The van der Waals surface area contributed by atoms with Crippen LogP contribution in [0.1, 0.15) is 39.0 Å². The summed E-state index contributed by atoms with van der Waals surface area (Å²) in [7, 11) is 0. The Morgan fingerprint density at radius 2 is 2.13 bits per heavy atom. The van der Waals surface area contributed by atoms with Gasteiger partial charge in [0.15, 0.2) is 0 Å². The van der Waals surface area contributed by atoms with Gasteiger partial charge in [0, 0.05) is 11.4 Å². The third-order valence-electron chi connectivity index (χ3n) is 4.76. The van der Waals surface area contributed by atoms with Gasteiger partial charge in [-0.1, -0.05) is 30.8 Å². The van der Waals surface area contributed by atoms with Crippen molar-refractivity contribution in [3.8, 4) is 5.75 Å². The largest absolute Gasteiger partial charge is 0.492 e. The number of nitrogens with zero attached hydrogens (tertiary/aromatic N) is 3. The zero-order valence-electron chi connectivity index (χ0n) is 17.7. The number of ether oxygens (including phenoxy) is 1. The van der Waals surface area contributed by atoms with Crippen molar-refractivity contribution in [1.82, 2.24) is 14.8 Å². The second-order valence-corrected chi connectivity index (χ2v) is 8.04. The molecule has 1 atom stereocenters. The highest BCUT2D eigenvalue weighted by Gasteiger charge is 2.36.